The molecule has 2 heterocycles. The van der Waals surface area contributed by atoms with E-state index < -0.39 is 11.9 Å². The molecule has 0 bridgehead atoms. The van der Waals surface area contributed by atoms with Crippen molar-refractivity contribution in [2.45, 2.75) is 37.6 Å². The quantitative estimate of drug-likeness (QED) is 0.425. The van der Waals surface area contributed by atoms with Gasteiger partial charge in [0.25, 0.3) is 5.56 Å². The number of rotatable bonds is 7. The minimum Gasteiger partial charge on any atom is -0.352 e. The first-order chi connectivity index (χ1) is 14.7. The van der Waals surface area contributed by atoms with Gasteiger partial charge in [0.15, 0.2) is 10.9 Å². The summed E-state index contributed by atoms with van der Waals surface area (Å²) in [6, 6.07) is 7.55. The Morgan fingerprint density at radius 3 is 2.52 bits per heavy atom. The number of aromatic amines is 1. The maximum atomic E-state index is 12.7. The Hall–Kier alpha value is -3.08. The lowest BCUT2D eigenvalue weighted by Crippen LogP contribution is -2.25. The van der Waals surface area contributed by atoms with Gasteiger partial charge >= 0.3 is 6.18 Å². The average Bonchev–Trinajstić information content (AvgIpc) is 3.22. The first-order valence-corrected chi connectivity index (χ1v) is 10.5. The Morgan fingerprint density at radius 2 is 1.94 bits per heavy atom. The Labute approximate surface area is 180 Å². The van der Waals surface area contributed by atoms with E-state index in [1.54, 1.807) is 31.2 Å². The summed E-state index contributed by atoms with van der Waals surface area (Å²) in [6.07, 6.45) is -1.04. The van der Waals surface area contributed by atoms with Crippen LogP contribution in [0.25, 0.3) is 5.69 Å². The number of nitrogens with zero attached hydrogens (tertiary/aromatic N) is 3. The fraction of sp³-hybridized carbons (Fsp3) is 0.300. The van der Waals surface area contributed by atoms with E-state index in [2.05, 4.69) is 20.4 Å². The summed E-state index contributed by atoms with van der Waals surface area (Å²) in [5.41, 5.74) is 1.13. The number of alkyl halides is 3. The van der Waals surface area contributed by atoms with Crippen LogP contribution in [-0.4, -0.2) is 31.9 Å². The summed E-state index contributed by atoms with van der Waals surface area (Å²) in [5, 5.41) is 6.82. The minimum atomic E-state index is -4.49. The molecule has 0 saturated carbocycles. The van der Waals surface area contributed by atoms with E-state index in [4.69, 9.17) is 0 Å². The van der Waals surface area contributed by atoms with Crippen LogP contribution in [0.4, 0.5) is 13.2 Å². The third-order valence-electron chi connectivity index (χ3n) is 4.57. The number of carbonyl (C=O) groups is 1. The number of thioether (sulfide) groups is 1. The molecule has 0 spiro atoms. The maximum absolute atomic E-state index is 12.7. The highest BCUT2D eigenvalue weighted by atomic mass is 32.2. The van der Waals surface area contributed by atoms with Crippen LogP contribution in [0.2, 0.25) is 0 Å². The van der Waals surface area contributed by atoms with Gasteiger partial charge in [-0.05, 0) is 43.4 Å². The lowest BCUT2D eigenvalue weighted by atomic mass is 10.1. The van der Waals surface area contributed by atoms with Crippen LogP contribution < -0.4 is 10.9 Å². The Bertz CT molecular complexity index is 1120. The van der Waals surface area contributed by atoms with Crippen molar-refractivity contribution in [3.63, 3.8) is 0 Å². The molecule has 0 aliphatic heterocycles. The van der Waals surface area contributed by atoms with Crippen molar-refractivity contribution in [1.82, 2.24) is 25.1 Å². The number of aryl methyl sites for hydroxylation is 1. The van der Waals surface area contributed by atoms with Crippen LogP contribution in [0.1, 0.15) is 28.9 Å². The van der Waals surface area contributed by atoms with Crippen molar-refractivity contribution in [1.29, 1.82) is 0 Å². The third-order valence-corrected chi connectivity index (χ3v) is 5.15. The zero-order chi connectivity index (χ0) is 22.6. The van der Waals surface area contributed by atoms with Gasteiger partial charge in [-0.25, -0.2) is 9.67 Å². The monoisotopic (exact) mass is 451 g/mol. The molecule has 0 saturated heterocycles. The van der Waals surface area contributed by atoms with Gasteiger partial charge in [-0.15, -0.1) is 0 Å². The van der Waals surface area contributed by atoms with Crippen molar-refractivity contribution in [2.75, 3.05) is 6.26 Å². The fourth-order valence-corrected chi connectivity index (χ4v) is 3.31. The molecule has 0 aliphatic rings. The predicted octanol–water partition coefficient (Wildman–Crippen LogP) is 3.25. The summed E-state index contributed by atoms with van der Waals surface area (Å²) in [7, 11) is 0. The molecule has 11 heteroatoms. The van der Waals surface area contributed by atoms with Gasteiger partial charge in [0.1, 0.15) is 0 Å². The van der Waals surface area contributed by atoms with Crippen molar-refractivity contribution < 1.29 is 18.0 Å². The highest BCUT2D eigenvalue weighted by Crippen LogP contribution is 2.27. The van der Waals surface area contributed by atoms with Crippen LogP contribution in [0.5, 0.6) is 0 Å². The van der Waals surface area contributed by atoms with Crippen LogP contribution in [0.15, 0.2) is 46.5 Å². The van der Waals surface area contributed by atoms with Crippen molar-refractivity contribution >= 4 is 17.7 Å². The lowest BCUT2D eigenvalue weighted by molar-refractivity contribution is -0.141. The van der Waals surface area contributed by atoms with E-state index in [0.717, 1.165) is 16.3 Å². The van der Waals surface area contributed by atoms with Gasteiger partial charge in [0, 0.05) is 30.4 Å². The number of hydrogen-bond acceptors (Lipinski definition) is 5. The molecule has 0 unspecified atom stereocenters. The lowest BCUT2D eigenvalue weighted by Gasteiger charge is -2.08. The predicted molar refractivity (Wildman–Crippen MR) is 110 cm³/mol. The number of aromatic nitrogens is 4. The topological polar surface area (TPSA) is 92.7 Å². The zero-order valence-electron chi connectivity index (χ0n) is 16.8. The number of carbonyl (C=O) groups excluding carboxylic acids is 1. The third kappa shape index (κ3) is 5.75. The van der Waals surface area contributed by atoms with Crippen LogP contribution in [-0.2, 0) is 23.9 Å². The summed E-state index contributed by atoms with van der Waals surface area (Å²) in [4.78, 5) is 31.2. The molecule has 2 aromatic heterocycles. The van der Waals surface area contributed by atoms with Gasteiger partial charge in [-0.3, -0.25) is 9.59 Å². The van der Waals surface area contributed by atoms with E-state index in [0.29, 0.717) is 22.1 Å². The van der Waals surface area contributed by atoms with Crippen LogP contribution in [0.3, 0.4) is 0 Å². The fourth-order valence-electron chi connectivity index (χ4n) is 2.89. The molecular weight excluding hydrogens is 431 g/mol. The Kier molecular flexibility index (Phi) is 6.84. The zero-order valence-corrected chi connectivity index (χ0v) is 17.6. The number of amides is 1. The molecule has 0 aliphatic carbocycles. The smallest absolute Gasteiger partial charge is 0.352 e. The van der Waals surface area contributed by atoms with Crippen molar-refractivity contribution in [3.8, 4) is 5.69 Å². The summed E-state index contributed by atoms with van der Waals surface area (Å²) >= 11 is 1.34. The first kappa shape index (κ1) is 22.6. The van der Waals surface area contributed by atoms with Gasteiger partial charge in [0.05, 0.1) is 5.69 Å². The Morgan fingerprint density at radius 1 is 1.23 bits per heavy atom. The molecule has 31 heavy (non-hydrogen) atoms. The largest absolute Gasteiger partial charge is 0.435 e. The van der Waals surface area contributed by atoms with E-state index in [1.165, 1.54) is 18.0 Å². The second kappa shape index (κ2) is 9.38. The molecule has 1 aromatic carbocycles. The van der Waals surface area contributed by atoms with Crippen molar-refractivity contribution in [2.24, 2.45) is 0 Å². The first-order valence-electron chi connectivity index (χ1n) is 9.30. The number of halogens is 3. The van der Waals surface area contributed by atoms with E-state index >= 15 is 0 Å². The molecule has 0 fully saturated rings. The highest BCUT2D eigenvalue weighted by molar-refractivity contribution is 7.98. The number of hydrogen-bond donors (Lipinski definition) is 2. The number of H-pyrrole nitrogens is 1. The van der Waals surface area contributed by atoms with Crippen LogP contribution >= 0.6 is 11.8 Å². The molecule has 0 atom stereocenters. The molecule has 7 nitrogen and oxygen atoms in total. The maximum Gasteiger partial charge on any atom is 0.435 e. The summed E-state index contributed by atoms with van der Waals surface area (Å²) in [6.45, 7) is 1.99. The average molecular weight is 451 g/mol. The SMILES string of the molecule is CSc1nc(C)c(CCC(=O)NCc2ccc(-n3ccc(C(F)(F)F)n3)cc2)c(=O)[nH]1. The highest BCUT2D eigenvalue weighted by Gasteiger charge is 2.33. The molecule has 2 N–H and O–H groups in total. The van der Waals surface area contributed by atoms with E-state index in [1.807, 2.05) is 6.26 Å². The standard InChI is InChI=1S/C20H20F3N5O2S/c1-12-15(18(30)26-19(25-12)31-2)7-8-17(29)24-11-13-3-5-14(6-4-13)28-10-9-16(27-28)20(21,22)23/h3-6,9-10H,7-8,11H2,1-2H3,(H,24,29)(H,25,26,30). The van der Waals surface area contributed by atoms with Gasteiger partial charge in [-0.1, -0.05) is 23.9 Å². The van der Waals surface area contributed by atoms with Gasteiger partial charge in [0.2, 0.25) is 5.91 Å². The molecule has 3 rings (SSSR count). The molecule has 164 valence electrons. The Balaban J connectivity index is 1.54. The number of benzene rings is 1. The van der Waals surface area contributed by atoms with Gasteiger partial charge in [-0.2, -0.15) is 18.3 Å². The molecule has 0 radical (unpaired) electrons. The summed E-state index contributed by atoms with van der Waals surface area (Å²) in [5.74, 6) is -0.223. The van der Waals surface area contributed by atoms with E-state index in [-0.39, 0.29) is 30.9 Å². The van der Waals surface area contributed by atoms with E-state index in [9.17, 15) is 22.8 Å². The minimum absolute atomic E-state index is 0.135. The summed E-state index contributed by atoms with van der Waals surface area (Å²) < 4.78 is 39.1. The molecular formula is C20H20F3N5O2S. The second-order valence-electron chi connectivity index (χ2n) is 6.73. The normalized spacial score (nSPS) is 11.5. The van der Waals surface area contributed by atoms with Gasteiger partial charge < -0.3 is 10.3 Å². The van der Waals surface area contributed by atoms with Crippen LogP contribution in [0, 0.1) is 6.92 Å². The number of nitrogens with one attached hydrogen (secondary N) is 2. The molecule has 3 aromatic rings. The second-order valence-corrected chi connectivity index (χ2v) is 7.52. The van der Waals surface area contributed by atoms with Crippen molar-refractivity contribution in [3.05, 3.63) is 69.4 Å². The molecule has 1 amide bonds.